The summed E-state index contributed by atoms with van der Waals surface area (Å²) in [4.78, 5) is 16.5. The van der Waals surface area contributed by atoms with Crippen molar-refractivity contribution < 1.29 is 14.6 Å². The van der Waals surface area contributed by atoms with Gasteiger partial charge in [-0.25, -0.2) is 4.79 Å². The summed E-state index contributed by atoms with van der Waals surface area (Å²) in [6.07, 6.45) is 6.67. The van der Waals surface area contributed by atoms with Gasteiger partial charge in [-0.2, -0.15) is 0 Å². The Balaban J connectivity index is 1.61. The number of halogens is 1. The van der Waals surface area contributed by atoms with E-state index in [1.165, 1.54) is 25.7 Å². The lowest BCUT2D eigenvalue weighted by Gasteiger charge is -2.15. The second-order valence-electron chi connectivity index (χ2n) is 8.10. The van der Waals surface area contributed by atoms with E-state index in [4.69, 9.17) is 21.3 Å². The largest absolute Gasteiger partial charge is 0.488 e. The van der Waals surface area contributed by atoms with Crippen LogP contribution in [-0.2, 0) is 13.0 Å². The summed E-state index contributed by atoms with van der Waals surface area (Å²) in [6, 6.07) is 18.8. The fourth-order valence-electron chi connectivity index (χ4n) is 4.24. The van der Waals surface area contributed by atoms with Crippen LogP contribution in [-0.4, -0.2) is 16.1 Å². The van der Waals surface area contributed by atoms with E-state index in [0.717, 1.165) is 17.5 Å². The van der Waals surface area contributed by atoms with Gasteiger partial charge in [-0.3, -0.25) is 4.98 Å². The van der Waals surface area contributed by atoms with Crippen LogP contribution in [0, 0.1) is 5.92 Å². The molecule has 1 heterocycles. The topological polar surface area (TPSA) is 59.4 Å². The van der Waals surface area contributed by atoms with Crippen molar-refractivity contribution in [3.05, 3.63) is 82.5 Å². The number of rotatable bonds is 8. The number of carboxylic acid groups (broad SMARTS) is 1. The summed E-state index contributed by atoms with van der Waals surface area (Å²) in [5.41, 5.74) is 3.48. The van der Waals surface area contributed by atoms with Gasteiger partial charge in [-0.05, 0) is 54.7 Å². The summed E-state index contributed by atoms with van der Waals surface area (Å²) in [5, 5.41) is 10.2. The van der Waals surface area contributed by atoms with Crippen LogP contribution in [0.4, 0.5) is 0 Å². The molecule has 0 bridgehead atoms. The van der Waals surface area contributed by atoms with Gasteiger partial charge in [-0.1, -0.05) is 67.6 Å². The molecule has 1 fully saturated rings. The molecule has 0 aliphatic heterocycles. The van der Waals surface area contributed by atoms with Gasteiger partial charge in [0.15, 0.2) is 0 Å². The highest BCUT2D eigenvalue weighted by Crippen LogP contribution is 2.34. The third-order valence-electron chi connectivity index (χ3n) is 5.93. The highest BCUT2D eigenvalue weighted by molar-refractivity contribution is 6.30. The molecule has 160 valence electrons. The van der Waals surface area contributed by atoms with Crippen molar-refractivity contribution in [3.8, 4) is 17.0 Å². The average molecular weight is 436 g/mol. The lowest BCUT2D eigenvalue weighted by molar-refractivity contribution is 0.0695. The number of aromatic nitrogens is 1. The maximum absolute atomic E-state index is 11.8. The molecule has 0 saturated heterocycles. The Bertz CT molecular complexity index is 1050. The molecular weight excluding hydrogens is 410 g/mol. The Morgan fingerprint density at radius 1 is 1.06 bits per heavy atom. The first-order valence-corrected chi connectivity index (χ1v) is 11.2. The molecule has 1 N–H and O–H groups in total. The predicted octanol–water partition coefficient (Wildman–Crippen LogP) is 6.80. The van der Waals surface area contributed by atoms with Gasteiger partial charge in [0.25, 0.3) is 0 Å². The molecule has 0 amide bonds. The van der Waals surface area contributed by atoms with Crippen molar-refractivity contribution in [1.82, 2.24) is 4.98 Å². The van der Waals surface area contributed by atoms with Gasteiger partial charge < -0.3 is 9.84 Å². The highest BCUT2D eigenvalue weighted by Gasteiger charge is 2.19. The van der Waals surface area contributed by atoms with E-state index in [1.807, 2.05) is 36.4 Å². The molecule has 1 aliphatic rings. The minimum Gasteiger partial charge on any atom is -0.488 e. The second-order valence-corrected chi connectivity index (χ2v) is 8.54. The maximum atomic E-state index is 11.8. The molecule has 2 aromatic carbocycles. The normalized spacial score (nSPS) is 14.0. The average Bonchev–Trinajstić information content (AvgIpc) is 3.30. The molecule has 4 rings (SSSR count). The Labute approximate surface area is 187 Å². The van der Waals surface area contributed by atoms with Crippen LogP contribution in [0.15, 0.2) is 60.7 Å². The fourth-order valence-corrected chi connectivity index (χ4v) is 4.40. The number of carboxylic acids is 1. The molecule has 1 saturated carbocycles. The predicted molar refractivity (Wildman–Crippen MR) is 123 cm³/mol. The molecule has 1 aromatic heterocycles. The molecule has 0 atom stereocenters. The second kappa shape index (κ2) is 9.97. The zero-order valence-corrected chi connectivity index (χ0v) is 18.1. The van der Waals surface area contributed by atoms with Crippen LogP contribution in [0.2, 0.25) is 5.02 Å². The van der Waals surface area contributed by atoms with E-state index >= 15 is 0 Å². The quantitative estimate of drug-likeness (QED) is 0.422. The Kier molecular flexibility index (Phi) is 6.88. The zero-order chi connectivity index (χ0) is 21.6. The number of benzene rings is 2. The van der Waals surface area contributed by atoms with Crippen LogP contribution in [0.3, 0.4) is 0 Å². The van der Waals surface area contributed by atoms with Crippen LogP contribution in [0.1, 0.15) is 53.7 Å². The van der Waals surface area contributed by atoms with Crippen LogP contribution in [0.25, 0.3) is 11.3 Å². The number of carbonyl (C=O) groups is 1. The van der Waals surface area contributed by atoms with Crippen LogP contribution < -0.4 is 4.74 Å². The Morgan fingerprint density at radius 2 is 1.84 bits per heavy atom. The van der Waals surface area contributed by atoms with Gasteiger partial charge in [0, 0.05) is 10.6 Å². The van der Waals surface area contributed by atoms with E-state index in [2.05, 4.69) is 0 Å². The lowest BCUT2D eigenvalue weighted by atomic mass is 9.98. The van der Waals surface area contributed by atoms with Gasteiger partial charge >= 0.3 is 5.97 Å². The molecule has 5 heteroatoms. The summed E-state index contributed by atoms with van der Waals surface area (Å²) < 4.78 is 6.08. The number of aryl methyl sites for hydroxylation is 1. The fraction of sp³-hybridized carbons (Fsp3) is 0.308. The van der Waals surface area contributed by atoms with E-state index in [0.29, 0.717) is 41.1 Å². The van der Waals surface area contributed by atoms with E-state index in [1.54, 1.807) is 24.3 Å². The third kappa shape index (κ3) is 5.45. The van der Waals surface area contributed by atoms with Crippen molar-refractivity contribution in [2.45, 2.75) is 45.1 Å². The third-order valence-corrected chi connectivity index (χ3v) is 6.16. The molecule has 4 nitrogen and oxygen atoms in total. The summed E-state index contributed by atoms with van der Waals surface area (Å²) >= 11 is 6.23. The molecule has 31 heavy (non-hydrogen) atoms. The standard InChI is InChI=1S/C26H26ClNO3/c27-20-11-12-21(25(16-20)31-17-19-8-2-1-3-9-19)23-15-13-22(26(29)30)24(28-23)14-10-18-6-4-5-7-18/h1-3,8-9,11-13,15-16,18H,4-7,10,14,17H2,(H,29,30). The number of hydrogen-bond acceptors (Lipinski definition) is 3. The minimum atomic E-state index is -0.933. The summed E-state index contributed by atoms with van der Waals surface area (Å²) in [6.45, 7) is 0.413. The van der Waals surface area contributed by atoms with Gasteiger partial charge in [0.05, 0.1) is 17.0 Å². The number of pyridine rings is 1. The SMILES string of the molecule is O=C(O)c1ccc(-c2ccc(Cl)cc2OCc2ccccc2)nc1CCC1CCCC1. The molecule has 1 aliphatic carbocycles. The van der Waals surface area contributed by atoms with Crippen molar-refractivity contribution >= 4 is 17.6 Å². The maximum Gasteiger partial charge on any atom is 0.337 e. The summed E-state index contributed by atoms with van der Waals surface area (Å²) in [5.74, 6) is 0.373. The van der Waals surface area contributed by atoms with Crippen LogP contribution >= 0.6 is 11.6 Å². The first-order valence-electron chi connectivity index (χ1n) is 10.8. The van der Waals surface area contributed by atoms with Crippen molar-refractivity contribution in [2.24, 2.45) is 5.92 Å². The molecule has 0 spiro atoms. The van der Waals surface area contributed by atoms with Crippen LogP contribution in [0.5, 0.6) is 5.75 Å². The molecular formula is C26H26ClNO3. The number of hydrogen-bond donors (Lipinski definition) is 1. The monoisotopic (exact) mass is 435 g/mol. The molecule has 3 aromatic rings. The number of ether oxygens (including phenoxy) is 1. The molecule has 0 unspecified atom stereocenters. The highest BCUT2D eigenvalue weighted by atomic mass is 35.5. The van der Waals surface area contributed by atoms with E-state index in [-0.39, 0.29) is 5.56 Å². The van der Waals surface area contributed by atoms with Gasteiger partial charge in [0.1, 0.15) is 12.4 Å². The minimum absolute atomic E-state index is 0.280. The number of aromatic carboxylic acids is 1. The van der Waals surface area contributed by atoms with E-state index in [9.17, 15) is 9.90 Å². The Morgan fingerprint density at radius 3 is 2.58 bits per heavy atom. The van der Waals surface area contributed by atoms with E-state index < -0.39 is 5.97 Å². The van der Waals surface area contributed by atoms with Crippen molar-refractivity contribution in [3.63, 3.8) is 0 Å². The first kappa shape index (κ1) is 21.4. The van der Waals surface area contributed by atoms with Crippen molar-refractivity contribution in [2.75, 3.05) is 0 Å². The molecule has 0 radical (unpaired) electrons. The zero-order valence-electron chi connectivity index (χ0n) is 17.4. The smallest absolute Gasteiger partial charge is 0.337 e. The first-order chi connectivity index (χ1) is 15.1. The Hall–Kier alpha value is -2.85. The van der Waals surface area contributed by atoms with Crippen molar-refractivity contribution in [1.29, 1.82) is 0 Å². The van der Waals surface area contributed by atoms with Gasteiger partial charge in [0.2, 0.25) is 0 Å². The summed E-state index contributed by atoms with van der Waals surface area (Å²) in [7, 11) is 0. The lowest BCUT2D eigenvalue weighted by Crippen LogP contribution is -2.08. The number of nitrogens with zero attached hydrogens (tertiary/aromatic N) is 1. The van der Waals surface area contributed by atoms with Gasteiger partial charge in [-0.15, -0.1) is 0 Å².